The van der Waals surface area contributed by atoms with E-state index in [1.54, 1.807) is 6.92 Å². The minimum atomic E-state index is -0.161. The summed E-state index contributed by atoms with van der Waals surface area (Å²) in [6.07, 6.45) is 6.37. The first kappa shape index (κ1) is 19.2. The van der Waals surface area contributed by atoms with Crippen molar-refractivity contribution >= 4 is 23.1 Å². The Kier molecular flexibility index (Phi) is 5.65. The van der Waals surface area contributed by atoms with Crippen LogP contribution >= 0.6 is 0 Å². The van der Waals surface area contributed by atoms with E-state index < -0.39 is 0 Å². The van der Waals surface area contributed by atoms with Crippen molar-refractivity contribution in [2.24, 2.45) is 0 Å². The standard InChI is InChI=1S/C24H26N2O3/c1-17(27)26-13-11-20(12-14-26)19-6-9-23(10-7-19)29-16-24(28)25-22-8-5-18-3-2-4-21(18)15-22/h5-11,15H,2-4,12-14,16H2,1H3,(H,25,28). The summed E-state index contributed by atoms with van der Waals surface area (Å²) in [6.45, 7) is 2.99. The van der Waals surface area contributed by atoms with Crippen LogP contribution in [0.1, 0.15) is 36.5 Å². The van der Waals surface area contributed by atoms with E-state index in [4.69, 9.17) is 4.74 Å². The fourth-order valence-corrected chi connectivity index (χ4v) is 3.98. The third-order valence-corrected chi connectivity index (χ3v) is 5.63. The number of carbonyl (C=O) groups excluding carboxylic acids is 2. The van der Waals surface area contributed by atoms with Crippen molar-refractivity contribution in [3.8, 4) is 5.75 Å². The van der Waals surface area contributed by atoms with Crippen LogP contribution in [0.2, 0.25) is 0 Å². The summed E-state index contributed by atoms with van der Waals surface area (Å²) in [5, 5.41) is 2.91. The third kappa shape index (κ3) is 4.67. The van der Waals surface area contributed by atoms with Gasteiger partial charge in [0.25, 0.3) is 5.91 Å². The lowest BCUT2D eigenvalue weighted by Gasteiger charge is -2.25. The molecule has 2 aliphatic rings. The SMILES string of the molecule is CC(=O)N1CC=C(c2ccc(OCC(=O)Nc3ccc4c(c3)CCC4)cc2)CC1. The highest BCUT2D eigenvalue weighted by atomic mass is 16.5. The zero-order valence-electron chi connectivity index (χ0n) is 16.7. The molecule has 0 fully saturated rings. The Balaban J connectivity index is 1.29. The van der Waals surface area contributed by atoms with E-state index >= 15 is 0 Å². The van der Waals surface area contributed by atoms with Crippen LogP contribution in [0.15, 0.2) is 48.5 Å². The second-order valence-electron chi connectivity index (χ2n) is 7.64. The van der Waals surface area contributed by atoms with Crippen LogP contribution in [0.25, 0.3) is 5.57 Å². The number of benzene rings is 2. The lowest BCUT2D eigenvalue weighted by Crippen LogP contribution is -2.32. The van der Waals surface area contributed by atoms with Crippen molar-refractivity contribution in [3.05, 3.63) is 65.2 Å². The number of carbonyl (C=O) groups is 2. The van der Waals surface area contributed by atoms with Gasteiger partial charge in [-0.2, -0.15) is 0 Å². The molecule has 0 saturated carbocycles. The molecule has 4 rings (SSSR count). The molecule has 1 aliphatic heterocycles. The van der Waals surface area contributed by atoms with E-state index in [0.717, 1.165) is 37.1 Å². The zero-order chi connectivity index (χ0) is 20.2. The van der Waals surface area contributed by atoms with Crippen molar-refractivity contribution in [2.45, 2.75) is 32.6 Å². The summed E-state index contributed by atoms with van der Waals surface area (Å²) >= 11 is 0. The predicted octanol–water partition coefficient (Wildman–Crippen LogP) is 3.83. The highest BCUT2D eigenvalue weighted by Crippen LogP contribution is 2.26. The van der Waals surface area contributed by atoms with E-state index in [2.05, 4.69) is 23.5 Å². The van der Waals surface area contributed by atoms with Gasteiger partial charge in [-0.3, -0.25) is 9.59 Å². The molecule has 1 N–H and O–H groups in total. The number of amides is 2. The summed E-state index contributed by atoms with van der Waals surface area (Å²) in [7, 11) is 0. The number of aryl methyl sites for hydroxylation is 2. The average molecular weight is 390 g/mol. The van der Waals surface area contributed by atoms with Crippen LogP contribution < -0.4 is 10.1 Å². The van der Waals surface area contributed by atoms with Crippen LogP contribution in [0.3, 0.4) is 0 Å². The second kappa shape index (κ2) is 8.52. The number of nitrogens with zero attached hydrogens (tertiary/aromatic N) is 1. The van der Waals surface area contributed by atoms with Gasteiger partial charge in [-0.05, 0) is 72.2 Å². The summed E-state index contributed by atoms with van der Waals surface area (Å²) in [4.78, 5) is 25.5. The summed E-state index contributed by atoms with van der Waals surface area (Å²) in [6, 6.07) is 13.9. The fraction of sp³-hybridized carbons (Fsp3) is 0.333. The quantitative estimate of drug-likeness (QED) is 0.844. The first-order valence-electron chi connectivity index (χ1n) is 10.2. The minimum Gasteiger partial charge on any atom is -0.484 e. The molecule has 2 aromatic carbocycles. The van der Waals surface area contributed by atoms with Gasteiger partial charge in [0.1, 0.15) is 5.75 Å². The maximum Gasteiger partial charge on any atom is 0.262 e. The molecule has 0 aromatic heterocycles. The monoisotopic (exact) mass is 390 g/mol. The number of ether oxygens (including phenoxy) is 1. The van der Waals surface area contributed by atoms with E-state index in [0.29, 0.717) is 12.3 Å². The third-order valence-electron chi connectivity index (χ3n) is 5.63. The van der Waals surface area contributed by atoms with Crippen molar-refractivity contribution in [1.82, 2.24) is 4.90 Å². The number of hydrogen-bond acceptors (Lipinski definition) is 3. The van der Waals surface area contributed by atoms with Crippen LogP contribution in [0.5, 0.6) is 5.75 Å². The molecule has 1 aliphatic carbocycles. The van der Waals surface area contributed by atoms with Gasteiger partial charge < -0.3 is 15.0 Å². The van der Waals surface area contributed by atoms with Gasteiger partial charge in [0, 0.05) is 25.7 Å². The summed E-state index contributed by atoms with van der Waals surface area (Å²) in [5.41, 5.74) is 5.93. The number of rotatable bonds is 5. The molecule has 0 atom stereocenters. The second-order valence-corrected chi connectivity index (χ2v) is 7.64. The Morgan fingerprint density at radius 1 is 1.03 bits per heavy atom. The molecule has 0 saturated heterocycles. The predicted molar refractivity (Wildman–Crippen MR) is 114 cm³/mol. The summed E-state index contributed by atoms with van der Waals surface area (Å²) < 4.78 is 5.64. The largest absolute Gasteiger partial charge is 0.484 e. The number of fused-ring (bicyclic) bond motifs is 1. The Labute approximate surface area is 171 Å². The molecular formula is C24H26N2O3. The Bertz CT molecular complexity index is 947. The zero-order valence-corrected chi connectivity index (χ0v) is 16.7. The van der Waals surface area contributed by atoms with Gasteiger partial charge in [0.05, 0.1) is 0 Å². The van der Waals surface area contributed by atoms with E-state index in [1.165, 1.54) is 23.1 Å². The number of nitrogens with one attached hydrogen (secondary N) is 1. The fourth-order valence-electron chi connectivity index (χ4n) is 3.98. The first-order valence-corrected chi connectivity index (χ1v) is 10.2. The topological polar surface area (TPSA) is 58.6 Å². The molecule has 29 heavy (non-hydrogen) atoms. The van der Waals surface area contributed by atoms with Crippen molar-refractivity contribution in [3.63, 3.8) is 0 Å². The number of anilines is 1. The van der Waals surface area contributed by atoms with E-state index in [9.17, 15) is 9.59 Å². The molecule has 0 spiro atoms. The highest BCUT2D eigenvalue weighted by Gasteiger charge is 2.15. The van der Waals surface area contributed by atoms with Crippen LogP contribution in [-0.4, -0.2) is 36.4 Å². The molecule has 0 radical (unpaired) electrons. The normalized spacial score (nSPS) is 15.5. The van der Waals surface area contributed by atoms with E-state index in [1.807, 2.05) is 35.2 Å². The maximum absolute atomic E-state index is 12.2. The van der Waals surface area contributed by atoms with Gasteiger partial charge in [0.15, 0.2) is 6.61 Å². The van der Waals surface area contributed by atoms with E-state index in [-0.39, 0.29) is 18.4 Å². The molecule has 2 aromatic rings. The maximum atomic E-state index is 12.2. The average Bonchev–Trinajstić information content (AvgIpc) is 3.20. The smallest absolute Gasteiger partial charge is 0.262 e. The minimum absolute atomic E-state index is 0.0211. The van der Waals surface area contributed by atoms with Gasteiger partial charge in [-0.25, -0.2) is 0 Å². The highest BCUT2D eigenvalue weighted by molar-refractivity contribution is 5.92. The van der Waals surface area contributed by atoms with Gasteiger partial charge >= 0.3 is 0 Å². The molecule has 150 valence electrons. The molecule has 5 nitrogen and oxygen atoms in total. The summed E-state index contributed by atoms with van der Waals surface area (Å²) in [5.74, 6) is 0.619. The van der Waals surface area contributed by atoms with Gasteiger partial charge in [-0.15, -0.1) is 0 Å². The van der Waals surface area contributed by atoms with Gasteiger partial charge in [0.2, 0.25) is 5.91 Å². The Hall–Kier alpha value is -3.08. The molecule has 0 bridgehead atoms. The molecule has 1 heterocycles. The number of hydrogen-bond donors (Lipinski definition) is 1. The van der Waals surface area contributed by atoms with Crippen LogP contribution in [0.4, 0.5) is 5.69 Å². The van der Waals surface area contributed by atoms with Gasteiger partial charge in [-0.1, -0.05) is 24.3 Å². The molecular weight excluding hydrogens is 364 g/mol. The Morgan fingerprint density at radius 2 is 1.83 bits per heavy atom. The first-order chi connectivity index (χ1) is 14.1. The van der Waals surface area contributed by atoms with Crippen molar-refractivity contribution in [1.29, 1.82) is 0 Å². The Morgan fingerprint density at radius 3 is 2.55 bits per heavy atom. The van der Waals surface area contributed by atoms with Crippen LogP contribution in [-0.2, 0) is 22.4 Å². The van der Waals surface area contributed by atoms with Crippen molar-refractivity contribution < 1.29 is 14.3 Å². The molecule has 0 unspecified atom stereocenters. The molecule has 2 amide bonds. The lowest BCUT2D eigenvalue weighted by molar-refractivity contribution is -0.128. The van der Waals surface area contributed by atoms with Crippen LogP contribution in [0, 0.1) is 0 Å². The van der Waals surface area contributed by atoms with Crippen molar-refractivity contribution in [2.75, 3.05) is 25.0 Å². The lowest BCUT2D eigenvalue weighted by atomic mass is 9.99. The molecule has 5 heteroatoms.